The van der Waals surface area contributed by atoms with Crippen molar-refractivity contribution >= 4 is 11.6 Å². The highest BCUT2D eigenvalue weighted by molar-refractivity contribution is 6.30. The zero-order valence-corrected chi connectivity index (χ0v) is 9.67. The van der Waals surface area contributed by atoms with Crippen LogP contribution in [0, 0.1) is 5.82 Å². The van der Waals surface area contributed by atoms with Crippen molar-refractivity contribution in [1.29, 1.82) is 0 Å². The number of allylic oxidation sites excluding steroid dienone is 1. The van der Waals surface area contributed by atoms with Crippen molar-refractivity contribution in [2.24, 2.45) is 0 Å². The Morgan fingerprint density at radius 2 is 2.12 bits per heavy atom. The molecule has 3 heteroatoms. The Kier molecular flexibility index (Phi) is 3.62. The first-order valence-corrected chi connectivity index (χ1v) is 5.88. The summed E-state index contributed by atoms with van der Waals surface area (Å²) in [5.74, 6) is -0.438. The number of aliphatic hydroxyl groups excluding tert-OH is 1. The number of hydrogen-bond donors (Lipinski definition) is 1. The minimum atomic E-state index is -0.822. The molecule has 16 heavy (non-hydrogen) atoms. The van der Waals surface area contributed by atoms with Gasteiger partial charge in [0.15, 0.2) is 0 Å². The fourth-order valence-corrected chi connectivity index (χ4v) is 2.19. The zero-order valence-electron chi connectivity index (χ0n) is 8.92. The van der Waals surface area contributed by atoms with E-state index < -0.39 is 11.9 Å². The third-order valence-electron chi connectivity index (χ3n) is 2.93. The molecule has 0 amide bonds. The van der Waals surface area contributed by atoms with Gasteiger partial charge in [0.1, 0.15) is 11.9 Å². The lowest BCUT2D eigenvalue weighted by Crippen LogP contribution is -2.06. The lowest BCUT2D eigenvalue weighted by atomic mass is 9.91. The van der Waals surface area contributed by atoms with Crippen LogP contribution < -0.4 is 0 Å². The summed E-state index contributed by atoms with van der Waals surface area (Å²) < 4.78 is 13.6. The Balaban J connectivity index is 2.26. The van der Waals surface area contributed by atoms with Crippen molar-refractivity contribution in [1.82, 2.24) is 0 Å². The summed E-state index contributed by atoms with van der Waals surface area (Å²) in [6.07, 6.45) is 5.24. The maximum Gasteiger partial charge on any atom is 0.130 e. The van der Waals surface area contributed by atoms with Gasteiger partial charge in [-0.2, -0.15) is 0 Å². The van der Waals surface area contributed by atoms with E-state index in [0.717, 1.165) is 31.3 Å². The number of benzene rings is 1. The smallest absolute Gasteiger partial charge is 0.130 e. The first kappa shape index (κ1) is 11.6. The highest BCUT2D eigenvalue weighted by atomic mass is 35.5. The van der Waals surface area contributed by atoms with Crippen LogP contribution in [0.2, 0.25) is 5.02 Å². The van der Waals surface area contributed by atoms with Gasteiger partial charge in [0.25, 0.3) is 0 Å². The van der Waals surface area contributed by atoms with Crippen LogP contribution in [0.25, 0.3) is 0 Å². The first-order chi connectivity index (χ1) is 7.68. The fraction of sp³-hybridized carbons (Fsp3) is 0.385. The fourth-order valence-electron chi connectivity index (χ4n) is 2.03. The molecule has 1 nitrogen and oxygen atoms in total. The predicted octanol–water partition coefficient (Wildman–Crippen LogP) is 4.01. The third-order valence-corrected chi connectivity index (χ3v) is 3.17. The van der Waals surface area contributed by atoms with Gasteiger partial charge < -0.3 is 5.11 Å². The molecule has 0 saturated heterocycles. The molecule has 1 aromatic rings. The predicted molar refractivity (Wildman–Crippen MR) is 62.9 cm³/mol. The number of hydrogen-bond acceptors (Lipinski definition) is 1. The molecule has 0 spiro atoms. The van der Waals surface area contributed by atoms with E-state index in [0.29, 0.717) is 10.6 Å². The zero-order chi connectivity index (χ0) is 11.5. The Morgan fingerprint density at radius 3 is 2.75 bits per heavy atom. The van der Waals surface area contributed by atoms with Crippen LogP contribution in [-0.2, 0) is 0 Å². The molecule has 0 heterocycles. The summed E-state index contributed by atoms with van der Waals surface area (Å²) >= 11 is 5.67. The molecule has 0 aliphatic heterocycles. The third kappa shape index (κ3) is 2.45. The Hall–Kier alpha value is -0.860. The molecule has 0 bridgehead atoms. The van der Waals surface area contributed by atoms with E-state index in [9.17, 15) is 9.50 Å². The highest BCUT2D eigenvalue weighted by Crippen LogP contribution is 2.31. The van der Waals surface area contributed by atoms with E-state index >= 15 is 0 Å². The van der Waals surface area contributed by atoms with Crippen LogP contribution in [0.4, 0.5) is 4.39 Å². The topological polar surface area (TPSA) is 20.2 Å². The van der Waals surface area contributed by atoms with E-state index in [2.05, 4.69) is 0 Å². The van der Waals surface area contributed by atoms with Crippen molar-refractivity contribution in [2.45, 2.75) is 31.8 Å². The molecule has 2 rings (SSSR count). The van der Waals surface area contributed by atoms with E-state index in [1.807, 2.05) is 6.08 Å². The molecular formula is C13H14ClFO. The van der Waals surface area contributed by atoms with Crippen LogP contribution in [0.5, 0.6) is 0 Å². The minimum Gasteiger partial charge on any atom is -0.384 e. The summed E-state index contributed by atoms with van der Waals surface area (Å²) in [6, 6.07) is 4.40. The van der Waals surface area contributed by atoms with Gasteiger partial charge in [-0.1, -0.05) is 23.7 Å². The monoisotopic (exact) mass is 240 g/mol. The summed E-state index contributed by atoms with van der Waals surface area (Å²) in [5.41, 5.74) is 1.24. The van der Waals surface area contributed by atoms with Crippen LogP contribution in [0.3, 0.4) is 0 Å². The van der Waals surface area contributed by atoms with Crippen LogP contribution >= 0.6 is 11.6 Å². The van der Waals surface area contributed by atoms with Crippen molar-refractivity contribution in [3.8, 4) is 0 Å². The van der Waals surface area contributed by atoms with Crippen molar-refractivity contribution in [3.05, 3.63) is 46.3 Å². The molecular weight excluding hydrogens is 227 g/mol. The highest BCUT2D eigenvalue weighted by Gasteiger charge is 2.18. The van der Waals surface area contributed by atoms with E-state index in [-0.39, 0.29) is 0 Å². The number of halogens is 2. The lowest BCUT2D eigenvalue weighted by molar-refractivity contribution is 0.203. The summed E-state index contributed by atoms with van der Waals surface area (Å²) in [6.45, 7) is 0. The first-order valence-electron chi connectivity index (χ1n) is 5.50. The molecule has 1 aliphatic rings. The minimum absolute atomic E-state index is 0.317. The van der Waals surface area contributed by atoms with Gasteiger partial charge in [-0.05, 0) is 43.4 Å². The van der Waals surface area contributed by atoms with Gasteiger partial charge in [0, 0.05) is 10.6 Å². The maximum absolute atomic E-state index is 13.6. The summed E-state index contributed by atoms with van der Waals surface area (Å²) in [4.78, 5) is 0. The quantitative estimate of drug-likeness (QED) is 0.775. The molecule has 0 fully saturated rings. The van der Waals surface area contributed by atoms with Gasteiger partial charge in [0.2, 0.25) is 0 Å². The maximum atomic E-state index is 13.6. The van der Waals surface area contributed by atoms with E-state index in [1.54, 1.807) is 12.1 Å². The molecule has 86 valence electrons. The average Bonchev–Trinajstić information content (AvgIpc) is 2.29. The van der Waals surface area contributed by atoms with Gasteiger partial charge in [0.05, 0.1) is 0 Å². The lowest BCUT2D eigenvalue weighted by Gasteiger charge is -2.19. The van der Waals surface area contributed by atoms with Gasteiger partial charge in [-0.3, -0.25) is 0 Å². The molecule has 0 saturated carbocycles. The Bertz CT molecular complexity index is 414. The van der Waals surface area contributed by atoms with Crippen LogP contribution in [-0.4, -0.2) is 5.11 Å². The second-order valence-corrected chi connectivity index (χ2v) is 4.53. The number of rotatable bonds is 2. The van der Waals surface area contributed by atoms with Crippen molar-refractivity contribution < 1.29 is 9.50 Å². The van der Waals surface area contributed by atoms with E-state index in [4.69, 9.17) is 11.6 Å². The molecule has 1 N–H and O–H groups in total. The molecule has 1 atom stereocenters. The summed E-state index contributed by atoms with van der Waals surface area (Å²) in [5, 5.41) is 10.4. The molecule has 0 aromatic heterocycles. The second-order valence-electron chi connectivity index (χ2n) is 4.09. The van der Waals surface area contributed by atoms with Gasteiger partial charge >= 0.3 is 0 Å². The average molecular weight is 241 g/mol. The normalized spacial score (nSPS) is 18.1. The standard InChI is InChI=1S/C13H14ClFO/c14-10-6-7-11(12(15)8-10)13(16)9-4-2-1-3-5-9/h4,6-8,13,16H,1-3,5H2. The molecule has 1 aromatic carbocycles. The SMILES string of the molecule is OC(C1=CCCCC1)c1ccc(Cl)cc1F. The van der Waals surface area contributed by atoms with Crippen molar-refractivity contribution in [2.75, 3.05) is 0 Å². The van der Waals surface area contributed by atoms with Gasteiger partial charge in [-0.15, -0.1) is 0 Å². The largest absolute Gasteiger partial charge is 0.384 e. The number of aliphatic hydroxyl groups is 1. The van der Waals surface area contributed by atoms with Crippen molar-refractivity contribution in [3.63, 3.8) is 0 Å². The molecule has 1 unspecified atom stereocenters. The Morgan fingerprint density at radius 1 is 1.31 bits per heavy atom. The van der Waals surface area contributed by atoms with E-state index in [1.165, 1.54) is 6.07 Å². The summed E-state index contributed by atoms with van der Waals surface area (Å²) in [7, 11) is 0. The Labute approximate surface area is 99.6 Å². The molecule has 0 radical (unpaired) electrons. The second kappa shape index (κ2) is 4.98. The van der Waals surface area contributed by atoms with Crippen LogP contribution in [0.1, 0.15) is 37.4 Å². The van der Waals surface area contributed by atoms with Gasteiger partial charge in [-0.25, -0.2) is 4.39 Å². The van der Waals surface area contributed by atoms with Crippen LogP contribution in [0.15, 0.2) is 29.8 Å². The molecule has 1 aliphatic carbocycles.